The average Bonchev–Trinajstić information content (AvgIpc) is 2.49. The molecule has 6 heteroatoms. The van der Waals surface area contributed by atoms with E-state index in [1.807, 2.05) is 0 Å². The Morgan fingerprint density at radius 2 is 2.21 bits per heavy atom. The molecule has 0 aromatic carbocycles. The fourth-order valence-electron chi connectivity index (χ4n) is 0.807. The minimum absolute atomic E-state index is 0.296. The zero-order chi connectivity index (χ0) is 10.7. The van der Waals surface area contributed by atoms with Gasteiger partial charge in [-0.25, -0.2) is 9.59 Å². The first-order chi connectivity index (χ1) is 6.52. The second-order valence-electron chi connectivity index (χ2n) is 2.83. The summed E-state index contributed by atoms with van der Waals surface area (Å²) in [5.41, 5.74) is -0.296. The molecule has 0 spiro atoms. The molecule has 1 aromatic rings. The summed E-state index contributed by atoms with van der Waals surface area (Å²) in [6.45, 7) is 3.30. The van der Waals surface area contributed by atoms with Gasteiger partial charge < -0.3 is 14.4 Å². The third-order valence-corrected chi connectivity index (χ3v) is 1.33. The summed E-state index contributed by atoms with van der Waals surface area (Å²) in [7, 11) is 0. The fourth-order valence-corrected chi connectivity index (χ4v) is 0.807. The molecular weight excluding hydrogens is 190 g/mol. The van der Waals surface area contributed by atoms with Crippen LogP contribution in [0, 0.1) is 0 Å². The molecule has 0 saturated carbocycles. The lowest BCUT2D eigenvalue weighted by atomic mass is 10.2. The number of nitrogens with zero attached hydrogens (tertiary/aromatic N) is 1. The number of carbonyl (C=O) groups excluding carboxylic acids is 1. The van der Waals surface area contributed by atoms with Crippen LogP contribution in [0.15, 0.2) is 10.7 Å². The van der Waals surface area contributed by atoms with E-state index in [1.165, 1.54) is 0 Å². The average molecular weight is 199 g/mol. The maximum Gasteiger partial charge on any atom is 0.378 e. The molecule has 1 aromatic heterocycles. The monoisotopic (exact) mass is 199 g/mol. The Labute approximate surface area is 79.5 Å². The zero-order valence-corrected chi connectivity index (χ0v) is 7.68. The Kier molecular flexibility index (Phi) is 2.85. The van der Waals surface area contributed by atoms with Crippen molar-refractivity contribution in [2.75, 3.05) is 0 Å². The van der Waals surface area contributed by atoms with Gasteiger partial charge in [-0.05, 0) is 13.8 Å². The maximum absolute atomic E-state index is 11.2. The molecule has 0 unspecified atom stereocenters. The molecule has 0 aliphatic heterocycles. The molecule has 6 nitrogen and oxygen atoms in total. The van der Waals surface area contributed by atoms with Crippen LogP contribution in [0.4, 0.5) is 0 Å². The maximum atomic E-state index is 11.2. The third-order valence-electron chi connectivity index (χ3n) is 1.33. The first-order valence-corrected chi connectivity index (χ1v) is 3.91. The number of ether oxygens (including phenoxy) is 1. The van der Waals surface area contributed by atoms with Crippen LogP contribution < -0.4 is 0 Å². The van der Waals surface area contributed by atoms with Gasteiger partial charge in [-0.2, -0.15) is 0 Å². The molecule has 76 valence electrons. The van der Waals surface area contributed by atoms with Gasteiger partial charge in [0.2, 0.25) is 0 Å². The number of aromatic carboxylic acids is 1. The van der Waals surface area contributed by atoms with E-state index >= 15 is 0 Å². The highest BCUT2D eigenvalue weighted by Gasteiger charge is 2.23. The van der Waals surface area contributed by atoms with Gasteiger partial charge in [0.05, 0.1) is 12.3 Å². The molecular formula is C8H9NO5. The second-order valence-corrected chi connectivity index (χ2v) is 2.83. The van der Waals surface area contributed by atoms with Crippen molar-refractivity contribution < 1.29 is 24.0 Å². The first-order valence-electron chi connectivity index (χ1n) is 3.91. The molecule has 0 fully saturated rings. The van der Waals surface area contributed by atoms with E-state index in [0.29, 0.717) is 0 Å². The Morgan fingerprint density at radius 3 is 2.71 bits per heavy atom. The van der Waals surface area contributed by atoms with Crippen LogP contribution >= 0.6 is 0 Å². The van der Waals surface area contributed by atoms with Crippen LogP contribution in [-0.4, -0.2) is 28.3 Å². The number of rotatable bonds is 3. The van der Waals surface area contributed by atoms with E-state index in [-0.39, 0.29) is 17.4 Å². The number of aromatic nitrogens is 1. The van der Waals surface area contributed by atoms with Crippen LogP contribution in [0.3, 0.4) is 0 Å². The van der Waals surface area contributed by atoms with Gasteiger partial charge in [-0.1, -0.05) is 5.16 Å². The summed E-state index contributed by atoms with van der Waals surface area (Å²) in [5, 5.41) is 11.8. The summed E-state index contributed by atoms with van der Waals surface area (Å²) >= 11 is 0. The topological polar surface area (TPSA) is 89.6 Å². The van der Waals surface area contributed by atoms with E-state index in [9.17, 15) is 9.59 Å². The van der Waals surface area contributed by atoms with Crippen molar-refractivity contribution >= 4 is 11.9 Å². The number of carboxylic acid groups (broad SMARTS) is 1. The molecule has 0 aliphatic rings. The van der Waals surface area contributed by atoms with Crippen molar-refractivity contribution in [2.45, 2.75) is 20.0 Å². The van der Waals surface area contributed by atoms with Crippen molar-refractivity contribution in [1.29, 1.82) is 0 Å². The third kappa shape index (κ3) is 2.09. The normalized spacial score (nSPS) is 10.2. The Balaban J connectivity index is 2.90. The van der Waals surface area contributed by atoms with Gasteiger partial charge in [0.25, 0.3) is 5.76 Å². The standard InChI is InChI=1S/C8H9NO5/c1-4(2)13-8(12)6-5(7(10)11)3-9-14-6/h3-4H,1-2H3,(H,10,11). The van der Waals surface area contributed by atoms with E-state index in [1.54, 1.807) is 13.8 Å². The summed E-state index contributed by atoms with van der Waals surface area (Å²) in [5.74, 6) is -2.48. The quantitative estimate of drug-likeness (QED) is 0.728. The Bertz CT molecular complexity index is 354. The Morgan fingerprint density at radius 1 is 1.57 bits per heavy atom. The predicted octanol–water partition coefficient (Wildman–Crippen LogP) is 0.938. The van der Waals surface area contributed by atoms with Gasteiger partial charge >= 0.3 is 11.9 Å². The highest BCUT2D eigenvalue weighted by Crippen LogP contribution is 2.10. The highest BCUT2D eigenvalue weighted by atomic mass is 16.6. The lowest BCUT2D eigenvalue weighted by Gasteiger charge is -2.04. The van der Waals surface area contributed by atoms with Crippen LogP contribution in [0.1, 0.15) is 34.8 Å². The SMILES string of the molecule is CC(C)OC(=O)c1oncc1C(=O)O. The first kappa shape index (κ1) is 10.2. The van der Waals surface area contributed by atoms with E-state index in [0.717, 1.165) is 6.20 Å². The zero-order valence-electron chi connectivity index (χ0n) is 7.68. The summed E-state index contributed by atoms with van der Waals surface area (Å²) in [6, 6.07) is 0. The van der Waals surface area contributed by atoms with Gasteiger partial charge in [-0.3, -0.25) is 0 Å². The van der Waals surface area contributed by atoms with Gasteiger partial charge in [0.15, 0.2) is 0 Å². The molecule has 1 rings (SSSR count). The van der Waals surface area contributed by atoms with Crippen LogP contribution in [0.5, 0.6) is 0 Å². The van der Waals surface area contributed by atoms with Crippen molar-refractivity contribution in [3.8, 4) is 0 Å². The van der Waals surface area contributed by atoms with Crippen LogP contribution in [0.25, 0.3) is 0 Å². The molecule has 0 saturated heterocycles. The smallest absolute Gasteiger partial charge is 0.378 e. The lowest BCUT2D eigenvalue weighted by molar-refractivity contribution is 0.0324. The molecule has 1 heterocycles. The van der Waals surface area contributed by atoms with E-state index < -0.39 is 11.9 Å². The van der Waals surface area contributed by atoms with Crippen molar-refractivity contribution in [3.63, 3.8) is 0 Å². The number of hydrogen-bond acceptors (Lipinski definition) is 5. The van der Waals surface area contributed by atoms with Gasteiger partial charge in [0.1, 0.15) is 5.56 Å². The number of carboxylic acids is 1. The molecule has 0 radical (unpaired) electrons. The summed E-state index contributed by atoms with van der Waals surface area (Å²) < 4.78 is 9.23. The highest BCUT2D eigenvalue weighted by molar-refractivity contribution is 6.00. The Hall–Kier alpha value is -1.85. The molecule has 0 aliphatic carbocycles. The van der Waals surface area contributed by atoms with Crippen LogP contribution in [-0.2, 0) is 4.74 Å². The molecule has 0 amide bonds. The molecule has 14 heavy (non-hydrogen) atoms. The predicted molar refractivity (Wildman–Crippen MR) is 44.0 cm³/mol. The van der Waals surface area contributed by atoms with E-state index in [4.69, 9.17) is 9.84 Å². The molecule has 0 bridgehead atoms. The minimum Gasteiger partial charge on any atom is -0.477 e. The van der Waals surface area contributed by atoms with E-state index in [2.05, 4.69) is 9.68 Å². The molecule has 1 N–H and O–H groups in total. The number of carbonyl (C=O) groups is 2. The van der Waals surface area contributed by atoms with Crippen molar-refractivity contribution in [1.82, 2.24) is 5.16 Å². The number of hydrogen-bond donors (Lipinski definition) is 1. The summed E-state index contributed by atoms with van der Waals surface area (Å²) in [6.07, 6.45) is 0.619. The second kappa shape index (κ2) is 3.91. The summed E-state index contributed by atoms with van der Waals surface area (Å²) in [4.78, 5) is 21.8. The van der Waals surface area contributed by atoms with Crippen molar-refractivity contribution in [3.05, 3.63) is 17.5 Å². The van der Waals surface area contributed by atoms with Gasteiger partial charge in [-0.15, -0.1) is 0 Å². The van der Waals surface area contributed by atoms with Gasteiger partial charge in [0, 0.05) is 0 Å². The van der Waals surface area contributed by atoms with Crippen LogP contribution in [0.2, 0.25) is 0 Å². The largest absolute Gasteiger partial charge is 0.477 e. The molecule has 0 atom stereocenters. The fraction of sp³-hybridized carbons (Fsp3) is 0.375. The lowest BCUT2D eigenvalue weighted by Crippen LogP contribution is -2.13. The number of esters is 1. The van der Waals surface area contributed by atoms with Crippen molar-refractivity contribution in [2.24, 2.45) is 0 Å². The minimum atomic E-state index is -1.28.